The van der Waals surface area contributed by atoms with E-state index in [1.807, 2.05) is 31.4 Å². The van der Waals surface area contributed by atoms with Gasteiger partial charge in [0.25, 0.3) is 5.91 Å². The van der Waals surface area contributed by atoms with Crippen LogP contribution in [0.5, 0.6) is 0 Å². The molecule has 0 bridgehead atoms. The number of nitrogens with one attached hydrogen (secondary N) is 1. The molecule has 0 aliphatic rings. The van der Waals surface area contributed by atoms with E-state index >= 15 is 0 Å². The fraction of sp³-hybridized carbons (Fsp3) is 0.235. The van der Waals surface area contributed by atoms with Crippen LogP contribution in [-0.2, 0) is 5.75 Å². The van der Waals surface area contributed by atoms with Crippen molar-refractivity contribution in [2.75, 3.05) is 6.26 Å². The summed E-state index contributed by atoms with van der Waals surface area (Å²) in [5.41, 5.74) is 2.50. The molecular weight excluding hydrogens is 285 g/mol. The number of hydrogen-bond acceptors (Lipinski definition) is 2. The third-order valence-electron chi connectivity index (χ3n) is 3.20. The predicted octanol–water partition coefficient (Wildman–Crippen LogP) is 4.18. The summed E-state index contributed by atoms with van der Waals surface area (Å²) in [6.07, 6.45) is 2.03. The highest BCUT2D eigenvalue weighted by Gasteiger charge is 2.12. The van der Waals surface area contributed by atoms with Gasteiger partial charge in [-0.3, -0.25) is 4.79 Å². The molecule has 110 valence electrons. The average Bonchev–Trinajstić information content (AvgIpc) is 2.48. The topological polar surface area (TPSA) is 29.1 Å². The minimum atomic E-state index is -0.296. The Bertz CT molecular complexity index is 630. The van der Waals surface area contributed by atoms with Crippen LogP contribution in [0.3, 0.4) is 0 Å². The first kappa shape index (κ1) is 15.6. The first-order chi connectivity index (χ1) is 10.1. The fourth-order valence-corrected chi connectivity index (χ4v) is 2.62. The van der Waals surface area contributed by atoms with E-state index in [2.05, 4.69) is 5.32 Å². The molecule has 0 saturated heterocycles. The van der Waals surface area contributed by atoms with Gasteiger partial charge in [0.2, 0.25) is 0 Å². The first-order valence-corrected chi connectivity index (χ1v) is 8.13. The largest absolute Gasteiger partial charge is 0.346 e. The van der Waals surface area contributed by atoms with Crippen molar-refractivity contribution in [3.63, 3.8) is 0 Å². The van der Waals surface area contributed by atoms with Gasteiger partial charge in [-0.2, -0.15) is 11.8 Å². The number of carbonyl (C=O) groups is 1. The number of halogens is 1. The Morgan fingerprint density at radius 1 is 1.24 bits per heavy atom. The number of benzene rings is 2. The molecule has 4 heteroatoms. The van der Waals surface area contributed by atoms with Crippen LogP contribution in [0.4, 0.5) is 4.39 Å². The van der Waals surface area contributed by atoms with Gasteiger partial charge in [-0.25, -0.2) is 4.39 Å². The molecule has 0 aliphatic heterocycles. The number of hydrogen-bond donors (Lipinski definition) is 1. The van der Waals surface area contributed by atoms with E-state index in [4.69, 9.17) is 0 Å². The highest BCUT2D eigenvalue weighted by atomic mass is 32.2. The molecule has 0 spiro atoms. The molecular formula is C17H18FNOS. The number of thioether (sulfide) groups is 1. The Kier molecular flexibility index (Phi) is 5.39. The van der Waals surface area contributed by atoms with E-state index in [1.165, 1.54) is 12.1 Å². The molecule has 2 rings (SSSR count). The van der Waals surface area contributed by atoms with Gasteiger partial charge in [-0.15, -0.1) is 0 Å². The second kappa shape index (κ2) is 7.27. The molecule has 0 fully saturated rings. The summed E-state index contributed by atoms with van der Waals surface area (Å²) in [5.74, 6) is 0.436. The third kappa shape index (κ3) is 4.33. The molecule has 1 atom stereocenters. The molecule has 2 nitrogen and oxygen atoms in total. The predicted molar refractivity (Wildman–Crippen MR) is 85.9 cm³/mol. The van der Waals surface area contributed by atoms with Crippen molar-refractivity contribution in [3.05, 3.63) is 71.0 Å². The SMILES string of the molecule is CSCc1cccc(C(=O)NC(C)c2cccc(F)c2)c1. The molecule has 1 unspecified atom stereocenters. The minimum Gasteiger partial charge on any atom is -0.346 e. The van der Waals surface area contributed by atoms with Crippen molar-refractivity contribution in [2.45, 2.75) is 18.7 Å². The summed E-state index contributed by atoms with van der Waals surface area (Å²) in [4.78, 5) is 12.3. The lowest BCUT2D eigenvalue weighted by Crippen LogP contribution is -2.26. The summed E-state index contributed by atoms with van der Waals surface area (Å²) < 4.78 is 13.2. The lowest BCUT2D eigenvalue weighted by atomic mass is 10.1. The maximum atomic E-state index is 13.2. The number of amides is 1. The summed E-state index contributed by atoms with van der Waals surface area (Å²) in [6, 6.07) is 13.6. The van der Waals surface area contributed by atoms with Crippen molar-refractivity contribution in [1.82, 2.24) is 5.32 Å². The van der Waals surface area contributed by atoms with Gasteiger partial charge < -0.3 is 5.32 Å². The van der Waals surface area contributed by atoms with Crippen LogP contribution in [0.25, 0.3) is 0 Å². The van der Waals surface area contributed by atoms with Gasteiger partial charge >= 0.3 is 0 Å². The smallest absolute Gasteiger partial charge is 0.251 e. The van der Waals surface area contributed by atoms with Crippen LogP contribution >= 0.6 is 11.8 Å². The zero-order valence-corrected chi connectivity index (χ0v) is 12.9. The summed E-state index contributed by atoms with van der Waals surface area (Å²) in [5, 5.41) is 2.90. The van der Waals surface area contributed by atoms with Crippen LogP contribution in [-0.4, -0.2) is 12.2 Å². The highest BCUT2D eigenvalue weighted by Crippen LogP contribution is 2.16. The quantitative estimate of drug-likeness (QED) is 0.898. The Hall–Kier alpha value is -1.81. The van der Waals surface area contributed by atoms with Crippen molar-refractivity contribution in [3.8, 4) is 0 Å². The highest BCUT2D eigenvalue weighted by molar-refractivity contribution is 7.97. The normalized spacial score (nSPS) is 12.0. The van der Waals surface area contributed by atoms with Gasteiger partial charge in [0.1, 0.15) is 5.82 Å². The Labute approximate surface area is 128 Å². The maximum absolute atomic E-state index is 13.2. The lowest BCUT2D eigenvalue weighted by Gasteiger charge is -2.15. The standard InChI is InChI=1S/C17H18FNOS/c1-12(14-6-4-8-16(18)10-14)19-17(20)15-7-3-5-13(9-15)11-21-2/h3-10,12H,11H2,1-2H3,(H,19,20). The third-order valence-corrected chi connectivity index (χ3v) is 3.82. The number of carbonyl (C=O) groups excluding carboxylic acids is 1. The molecule has 1 N–H and O–H groups in total. The van der Waals surface area contributed by atoms with Crippen molar-refractivity contribution in [2.24, 2.45) is 0 Å². The fourth-order valence-electron chi connectivity index (χ4n) is 2.11. The molecule has 21 heavy (non-hydrogen) atoms. The minimum absolute atomic E-state index is 0.144. The van der Waals surface area contributed by atoms with Gasteiger partial charge in [-0.1, -0.05) is 24.3 Å². The molecule has 2 aromatic rings. The van der Waals surface area contributed by atoms with E-state index in [0.717, 1.165) is 16.9 Å². The van der Waals surface area contributed by atoms with Gasteiger partial charge in [0.15, 0.2) is 0 Å². The monoisotopic (exact) mass is 303 g/mol. The Morgan fingerprint density at radius 3 is 2.71 bits per heavy atom. The average molecular weight is 303 g/mol. The molecule has 0 aliphatic carbocycles. The summed E-state index contributed by atoms with van der Waals surface area (Å²) in [6.45, 7) is 1.85. The van der Waals surface area contributed by atoms with Crippen molar-refractivity contribution >= 4 is 17.7 Å². The van der Waals surface area contributed by atoms with Gasteiger partial charge in [0.05, 0.1) is 6.04 Å². The second-order valence-corrected chi connectivity index (χ2v) is 5.75. The molecule has 0 aromatic heterocycles. The van der Waals surface area contributed by atoms with Crippen LogP contribution in [0.2, 0.25) is 0 Å². The molecule has 0 heterocycles. The Morgan fingerprint density at radius 2 is 2.00 bits per heavy atom. The van der Waals surface area contributed by atoms with Crippen LogP contribution < -0.4 is 5.32 Å². The molecule has 0 radical (unpaired) electrons. The molecule has 2 aromatic carbocycles. The molecule has 0 saturated carbocycles. The lowest BCUT2D eigenvalue weighted by molar-refractivity contribution is 0.0939. The van der Waals surface area contributed by atoms with Crippen molar-refractivity contribution in [1.29, 1.82) is 0 Å². The van der Waals surface area contributed by atoms with Gasteiger partial charge in [-0.05, 0) is 48.6 Å². The van der Waals surface area contributed by atoms with E-state index in [9.17, 15) is 9.18 Å². The second-order valence-electron chi connectivity index (χ2n) is 4.88. The first-order valence-electron chi connectivity index (χ1n) is 6.74. The maximum Gasteiger partial charge on any atom is 0.251 e. The molecule has 1 amide bonds. The summed E-state index contributed by atoms with van der Waals surface area (Å²) in [7, 11) is 0. The summed E-state index contributed by atoms with van der Waals surface area (Å²) >= 11 is 1.71. The van der Waals surface area contributed by atoms with E-state index in [-0.39, 0.29) is 17.8 Å². The van der Waals surface area contributed by atoms with Gasteiger partial charge in [0, 0.05) is 11.3 Å². The van der Waals surface area contributed by atoms with Crippen LogP contribution in [0.15, 0.2) is 48.5 Å². The number of rotatable bonds is 5. The zero-order chi connectivity index (χ0) is 15.2. The van der Waals surface area contributed by atoms with E-state index < -0.39 is 0 Å². The van der Waals surface area contributed by atoms with Crippen LogP contribution in [0.1, 0.15) is 34.5 Å². The van der Waals surface area contributed by atoms with E-state index in [0.29, 0.717) is 5.56 Å². The zero-order valence-electron chi connectivity index (χ0n) is 12.1. The Balaban J connectivity index is 2.08. The van der Waals surface area contributed by atoms with E-state index in [1.54, 1.807) is 30.0 Å². The van der Waals surface area contributed by atoms with Crippen LogP contribution in [0, 0.1) is 5.82 Å². The van der Waals surface area contributed by atoms with Crippen molar-refractivity contribution < 1.29 is 9.18 Å².